The van der Waals surface area contributed by atoms with Crippen LogP contribution in [-0.4, -0.2) is 13.2 Å². The molecule has 0 aromatic heterocycles. The van der Waals surface area contributed by atoms with Gasteiger partial charge in [0.2, 0.25) is 0 Å². The van der Waals surface area contributed by atoms with Crippen LogP contribution in [0, 0.1) is 18.8 Å². The van der Waals surface area contributed by atoms with Gasteiger partial charge in [0.25, 0.3) is 0 Å². The number of rotatable bonds is 5. The van der Waals surface area contributed by atoms with Crippen molar-refractivity contribution in [1.29, 1.82) is 0 Å². The smallest absolute Gasteiger partial charge is 0.119 e. The van der Waals surface area contributed by atoms with Crippen molar-refractivity contribution in [3.8, 4) is 5.75 Å². The molecule has 112 valence electrons. The van der Waals surface area contributed by atoms with Gasteiger partial charge in [0, 0.05) is 0 Å². The maximum atomic E-state index is 6.10. The second-order valence-electron chi connectivity index (χ2n) is 6.31. The van der Waals surface area contributed by atoms with Crippen molar-refractivity contribution >= 4 is 0 Å². The first kappa shape index (κ1) is 15.4. The molecule has 0 amide bonds. The third-order valence-electron chi connectivity index (χ3n) is 4.84. The highest BCUT2D eigenvalue weighted by molar-refractivity contribution is 5.37. The zero-order valence-corrected chi connectivity index (χ0v) is 13.2. The van der Waals surface area contributed by atoms with Crippen molar-refractivity contribution in [2.24, 2.45) is 17.6 Å². The maximum absolute atomic E-state index is 6.10. The van der Waals surface area contributed by atoms with Crippen molar-refractivity contribution in [3.63, 3.8) is 0 Å². The van der Waals surface area contributed by atoms with Crippen LogP contribution in [0.4, 0.5) is 0 Å². The van der Waals surface area contributed by atoms with Crippen LogP contribution < -0.4 is 10.5 Å². The fourth-order valence-electron chi connectivity index (χ4n) is 3.58. The predicted molar refractivity (Wildman–Crippen MR) is 85.3 cm³/mol. The second kappa shape index (κ2) is 7.12. The van der Waals surface area contributed by atoms with E-state index in [2.05, 4.69) is 32.0 Å². The van der Waals surface area contributed by atoms with E-state index < -0.39 is 0 Å². The Bertz CT molecular complexity index is 421. The minimum absolute atomic E-state index is 0.512. The summed E-state index contributed by atoms with van der Waals surface area (Å²) in [5, 5.41) is 0. The third-order valence-corrected chi connectivity index (χ3v) is 4.84. The number of hydrogen-bond acceptors (Lipinski definition) is 2. The molecule has 2 heteroatoms. The quantitative estimate of drug-likeness (QED) is 0.871. The molecule has 1 fully saturated rings. The average Bonchev–Trinajstić information content (AvgIpc) is 2.44. The molecule has 1 aliphatic carbocycles. The van der Waals surface area contributed by atoms with Crippen LogP contribution in [0.3, 0.4) is 0 Å². The van der Waals surface area contributed by atoms with Crippen LogP contribution >= 0.6 is 0 Å². The minimum Gasteiger partial charge on any atom is -0.494 e. The van der Waals surface area contributed by atoms with Crippen molar-refractivity contribution < 1.29 is 4.74 Å². The van der Waals surface area contributed by atoms with E-state index in [1.165, 1.54) is 36.8 Å². The monoisotopic (exact) mass is 275 g/mol. The standard InChI is InChI=1S/C18H29NO/c1-4-20-16-9-10-17(14(3)11-16)18(12-19)15-7-5-13(2)6-8-15/h9-11,13,15,18H,4-8,12,19H2,1-3H3. The summed E-state index contributed by atoms with van der Waals surface area (Å²) in [6, 6.07) is 6.49. The molecule has 0 aliphatic heterocycles. The zero-order chi connectivity index (χ0) is 14.5. The summed E-state index contributed by atoms with van der Waals surface area (Å²) >= 11 is 0. The predicted octanol–water partition coefficient (Wildman–Crippen LogP) is 4.26. The summed E-state index contributed by atoms with van der Waals surface area (Å²) in [5.74, 6) is 3.14. The second-order valence-corrected chi connectivity index (χ2v) is 6.31. The van der Waals surface area contributed by atoms with Gasteiger partial charge >= 0.3 is 0 Å². The summed E-state index contributed by atoms with van der Waals surface area (Å²) in [6.07, 6.45) is 5.37. The van der Waals surface area contributed by atoms with E-state index in [1.54, 1.807) is 0 Å². The molecule has 20 heavy (non-hydrogen) atoms. The largest absolute Gasteiger partial charge is 0.494 e. The topological polar surface area (TPSA) is 35.2 Å². The first-order chi connectivity index (χ1) is 9.65. The number of ether oxygens (including phenoxy) is 1. The Morgan fingerprint density at radius 3 is 2.50 bits per heavy atom. The fourth-order valence-corrected chi connectivity index (χ4v) is 3.58. The normalized spacial score (nSPS) is 24.4. The molecular formula is C18H29NO. The van der Waals surface area contributed by atoms with E-state index in [0.717, 1.165) is 30.7 Å². The van der Waals surface area contributed by atoms with Gasteiger partial charge in [-0.2, -0.15) is 0 Å². The number of nitrogens with two attached hydrogens (primary N) is 1. The van der Waals surface area contributed by atoms with Gasteiger partial charge in [-0.15, -0.1) is 0 Å². The van der Waals surface area contributed by atoms with Gasteiger partial charge in [0.05, 0.1) is 6.61 Å². The summed E-state index contributed by atoms with van der Waals surface area (Å²) in [5.41, 5.74) is 8.86. The summed E-state index contributed by atoms with van der Waals surface area (Å²) in [6.45, 7) is 8.06. The molecule has 1 aromatic carbocycles. The Balaban J connectivity index is 2.14. The molecule has 1 aromatic rings. The van der Waals surface area contributed by atoms with Gasteiger partial charge in [-0.3, -0.25) is 0 Å². The van der Waals surface area contributed by atoms with Crippen LogP contribution in [0.5, 0.6) is 5.75 Å². The van der Waals surface area contributed by atoms with Gasteiger partial charge in [-0.05, 0) is 74.2 Å². The van der Waals surface area contributed by atoms with Crippen LogP contribution in [0.15, 0.2) is 18.2 Å². The van der Waals surface area contributed by atoms with Crippen molar-refractivity contribution in [1.82, 2.24) is 0 Å². The molecule has 1 aliphatic rings. The van der Waals surface area contributed by atoms with E-state index in [9.17, 15) is 0 Å². The maximum Gasteiger partial charge on any atom is 0.119 e. The molecule has 1 atom stereocenters. The lowest BCUT2D eigenvalue weighted by Gasteiger charge is -2.33. The highest BCUT2D eigenvalue weighted by atomic mass is 16.5. The Morgan fingerprint density at radius 1 is 1.25 bits per heavy atom. The van der Waals surface area contributed by atoms with Crippen molar-refractivity contribution in [2.75, 3.05) is 13.2 Å². The molecular weight excluding hydrogens is 246 g/mol. The SMILES string of the molecule is CCOc1ccc(C(CN)C2CCC(C)CC2)c(C)c1. The van der Waals surface area contributed by atoms with E-state index in [4.69, 9.17) is 10.5 Å². The zero-order valence-electron chi connectivity index (χ0n) is 13.2. The molecule has 1 unspecified atom stereocenters. The Labute approximate surface area is 123 Å². The van der Waals surface area contributed by atoms with Gasteiger partial charge in [-0.25, -0.2) is 0 Å². The van der Waals surface area contributed by atoms with Gasteiger partial charge in [0.15, 0.2) is 0 Å². The molecule has 0 heterocycles. The van der Waals surface area contributed by atoms with E-state index >= 15 is 0 Å². The number of hydrogen-bond donors (Lipinski definition) is 1. The van der Waals surface area contributed by atoms with E-state index in [-0.39, 0.29) is 0 Å². The summed E-state index contributed by atoms with van der Waals surface area (Å²) in [4.78, 5) is 0. The van der Waals surface area contributed by atoms with Crippen molar-refractivity contribution in [3.05, 3.63) is 29.3 Å². The summed E-state index contributed by atoms with van der Waals surface area (Å²) < 4.78 is 5.58. The lowest BCUT2D eigenvalue weighted by atomic mass is 9.73. The van der Waals surface area contributed by atoms with Crippen molar-refractivity contribution in [2.45, 2.75) is 52.4 Å². The Hall–Kier alpha value is -1.02. The molecule has 0 saturated heterocycles. The van der Waals surface area contributed by atoms with Gasteiger partial charge in [-0.1, -0.05) is 25.8 Å². The lowest BCUT2D eigenvalue weighted by Crippen LogP contribution is -2.26. The summed E-state index contributed by atoms with van der Waals surface area (Å²) in [7, 11) is 0. The molecule has 2 rings (SSSR count). The van der Waals surface area contributed by atoms with Gasteiger partial charge < -0.3 is 10.5 Å². The fraction of sp³-hybridized carbons (Fsp3) is 0.667. The molecule has 2 nitrogen and oxygen atoms in total. The number of aryl methyl sites for hydroxylation is 1. The third kappa shape index (κ3) is 3.54. The first-order valence-corrected chi connectivity index (χ1v) is 8.09. The molecule has 0 radical (unpaired) electrons. The van der Waals surface area contributed by atoms with Gasteiger partial charge in [0.1, 0.15) is 5.75 Å². The molecule has 2 N–H and O–H groups in total. The van der Waals surface area contributed by atoms with Crippen LogP contribution in [0.25, 0.3) is 0 Å². The van der Waals surface area contributed by atoms with E-state index in [1.807, 2.05) is 6.92 Å². The van der Waals surface area contributed by atoms with Crippen LogP contribution in [-0.2, 0) is 0 Å². The Kier molecular flexibility index (Phi) is 5.47. The van der Waals surface area contributed by atoms with Crippen LogP contribution in [0.1, 0.15) is 56.6 Å². The highest BCUT2D eigenvalue weighted by Crippen LogP contribution is 2.39. The highest BCUT2D eigenvalue weighted by Gasteiger charge is 2.27. The molecule has 0 spiro atoms. The minimum atomic E-state index is 0.512. The molecule has 1 saturated carbocycles. The number of benzene rings is 1. The molecule has 0 bridgehead atoms. The average molecular weight is 275 g/mol. The Morgan fingerprint density at radius 2 is 1.95 bits per heavy atom. The van der Waals surface area contributed by atoms with Crippen LogP contribution in [0.2, 0.25) is 0 Å². The first-order valence-electron chi connectivity index (χ1n) is 8.09. The van der Waals surface area contributed by atoms with E-state index in [0.29, 0.717) is 5.92 Å². The lowest BCUT2D eigenvalue weighted by molar-refractivity contribution is 0.255.